The Morgan fingerprint density at radius 2 is 1.00 bits per heavy atom. The molecule has 1 saturated heterocycles. The fourth-order valence-corrected chi connectivity index (χ4v) is 7.52. The van der Waals surface area contributed by atoms with Crippen molar-refractivity contribution in [2.75, 3.05) is 26.4 Å². The number of aliphatic hydroxyl groups excluding tert-OH is 4. The van der Waals surface area contributed by atoms with E-state index in [1.54, 1.807) is 0 Å². The summed E-state index contributed by atoms with van der Waals surface area (Å²) < 4.78 is 22.9. The summed E-state index contributed by atoms with van der Waals surface area (Å²) in [5.74, 6) is -0.323. The molecule has 0 saturated carbocycles. The summed E-state index contributed by atoms with van der Waals surface area (Å²) in [6.45, 7) is 4.56. The molecule has 1 aliphatic heterocycles. The number of allylic oxidation sites excluding steroid dienone is 4. The van der Waals surface area contributed by atoms with Crippen LogP contribution in [-0.2, 0) is 23.7 Å². The van der Waals surface area contributed by atoms with Crippen molar-refractivity contribution in [3.63, 3.8) is 0 Å². The second-order valence-corrected chi connectivity index (χ2v) is 16.9. The van der Waals surface area contributed by atoms with Crippen molar-refractivity contribution in [1.82, 2.24) is 0 Å². The van der Waals surface area contributed by atoms with E-state index in [4.69, 9.17) is 18.9 Å². The van der Waals surface area contributed by atoms with Gasteiger partial charge >= 0.3 is 5.97 Å². The largest absolute Gasteiger partial charge is 0.457 e. The fourth-order valence-electron chi connectivity index (χ4n) is 7.52. The summed E-state index contributed by atoms with van der Waals surface area (Å²) in [5.41, 5.74) is 0. The number of esters is 1. The van der Waals surface area contributed by atoms with Crippen LogP contribution in [0.15, 0.2) is 24.3 Å². The Labute approximate surface area is 356 Å². The highest BCUT2D eigenvalue weighted by molar-refractivity contribution is 5.69. The standard InChI is InChI=1S/C49H92O9/c1-3-5-7-9-11-13-15-17-19-21-22-23-25-27-29-31-33-35-37-39-55-41-43(42-56-49-48(54)47(53)46(52)44(40-50)58-49)57-45(51)38-36-34-32-30-28-26-24-20-18-16-14-12-10-8-6-4-2/h14,16,20,24,43-44,46-50,52-54H,3-13,15,17-19,21-23,25-42H2,1-2H3/b16-14-,24-20-. The lowest BCUT2D eigenvalue weighted by molar-refractivity contribution is -0.305. The molecular formula is C49H92O9. The maximum Gasteiger partial charge on any atom is 0.306 e. The van der Waals surface area contributed by atoms with Crippen LogP contribution in [0.5, 0.6) is 0 Å². The van der Waals surface area contributed by atoms with Crippen LogP contribution in [0.3, 0.4) is 0 Å². The van der Waals surface area contributed by atoms with Gasteiger partial charge < -0.3 is 39.4 Å². The van der Waals surface area contributed by atoms with Crippen LogP contribution in [0.1, 0.15) is 219 Å². The second-order valence-electron chi connectivity index (χ2n) is 16.9. The van der Waals surface area contributed by atoms with Crippen LogP contribution in [-0.4, -0.2) is 89.6 Å². The summed E-state index contributed by atoms with van der Waals surface area (Å²) >= 11 is 0. The Balaban J connectivity index is 2.22. The number of carbonyl (C=O) groups is 1. The van der Waals surface area contributed by atoms with Crippen molar-refractivity contribution < 1.29 is 44.2 Å². The van der Waals surface area contributed by atoms with Gasteiger partial charge in [-0.15, -0.1) is 0 Å². The highest BCUT2D eigenvalue weighted by Gasteiger charge is 2.44. The predicted molar refractivity (Wildman–Crippen MR) is 238 cm³/mol. The lowest BCUT2D eigenvalue weighted by atomic mass is 9.99. The maximum absolute atomic E-state index is 12.8. The number of unbranched alkanes of at least 4 members (excludes halogenated alkanes) is 27. The first kappa shape index (κ1) is 54.7. The van der Waals surface area contributed by atoms with Crippen LogP contribution in [0.2, 0.25) is 0 Å². The van der Waals surface area contributed by atoms with Gasteiger partial charge in [-0.3, -0.25) is 4.79 Å². The van der Waals surface area contributed by atoms with Gasteiger partial charge in [0.15, 0.2) is 6.29 Å². The smallest absolute Gasteiger partial charge is 0.306 e. The molecule has 4 N–H and O–H groups in total. The molecule has 0 radical (unpaired) electrons. The summed E-state index contributed by atoms with van der Waals surface area (Å²) in [6, 6.07) is 0. The monoisotopic (exact) mass is 825 g/mol. The summed E-state index contributed by atoms with van der Waals surface area (Å²) in [7, 11) is 0. The van der Waals surface area contributed by atoms with Crippen molar-refractivity contribution in [3.8, 4) is 0 Å². The minimum Gasteiger partial charge on any atom is -0.457 e. The molecule has 1 heterocycles. The van der Waals surface area contributed by atoms with Gasteiger partial charge in [0.25, 0.3) is 0 Å². The van der Waals surface area contributed by atoms with Crippen LogP contribution in [0, 0.1) is 0 Å². The first-order valence-electron chi connectivity index (χ1n) is 24.4. The molecule has 6 atom stereocenters. The van der Waals surface area contributed by atoms with Crippen LogP contribution in [0.25, 0.3) is 0 Å². The van der Waals surface area contributed by atoms with Gasteiger partial charge in [0.1, 0.15) is 30.5 Å². The van der Waals surface area contributed by atoms with Crippen LogP contribution >= 0.6 is 0 Å². The van der Waals surface area contributed by atoms with E-state index >= 15 is 0 Å². The molecule has 342 valence electrons. The first-order chi connectivity index (χ1) is 28.4. The van der Waals surface area contributed by atoms with Gasteiger partial charge in [0.05, 0.1) is 19.8 Å². The molecule has 0 aromatic rings. The molecule has 0 aromatic carbocycles. The Bertz CT molecular complexity index is 941. The number of ether oxygens (including phenoxy) is 4. The number of hydrogen-bond donors (Lipinski definition) is 4. The highest BCUT2D eigenvalue weighted by Crippen LogP contribution is 2.23. The Morgan fingerprint density at radius 1 is 0.552 bits per heavy atom. The van der Waals surface area contributed by atoms with Gasteiger partial charge in [-0.05, 0) is 44.9 Å². The molecule has 0 amide bonds. The molecule has 6 unspecified atom stereocenters. The molecule has 1 rings (SSSR count). The van der Waals surface area contributed by atoms with E-state index in [0.29, 0.717) is 13.0 Å². The van der Waals surface area contributed by atoms with Crippen molar-refractivity contribution in [1.29, 1.82) is 0 Å². The van der Waals surface area contributed by atoms with Crippen molar-refractivity contribution >= 4 is 5.97 Å². The first-order valence-corrected chi connectivity index (χ1v) is 24.4. The topological polar surface area (TPSA) is 135 Å². The highest BCUT2D eigenvalue weighted by atomic mass is 16.7. The number of hydrogen-bond acceptors (Lipinski definition) is 9. The Morgan fingerprint density at radius 3 is 1.50 bits per heavy atom. The van der Waals surface area contributed by atoms with Crippen LogP contribution < -0.4 is 0 Å². The molecule has 0 spiro atoms. The molecule has 1 fully saturated rings. The van der Waals surface area contributed by atoms with Gasteiger partial charge in [0.2, 0.25) is 0 Å². The van der Waals surface area contributed by atoms with Crippen molar-refractivity contribution in [2.45, 2.75) is 256 Å². The third-order valence-electron chi connectivity index (χ3n) is 11.4. The van der Waals surface area contributed by atoms with Crippen molar-refractivity contribution in [3.05, 3.63) is 24.3 Å². The minimum absolute atomic E-state index is 0.115. The fraction of sp³-hybridized carbons (Fsp3) is 0.898. The van der Waals surface area contributed by atoms with E-state index in [-0.39, 0.29) is 19.2 Å². The minimum atomic E-state index is -1.54. The third-order valence-corrected chi connectivity index (χ3v) is 11.4. The molecule has 0 aliphatic carbocycles. The second kappa shape index (κ2) is 41.0. The SMILES string of the molecule is CCCCCC/C=C\C/C=C\CCCCCCCC(=O)OC(COCCCCCCCCCCCCCCCCCCCCC)COC1OC(CO)C(O)C(O)C1O. The predicted octanol–water partition coefficient (Wildman–Crippen LogP) is 11.4. The normalized spacial score (nSPS) is 20.4. The quantitative estimate of drug-likeness (QED) is 0.0269. The zero-order chi connectivity index (χ0) is 42.2. The average Bonchev–Trinajstić information content (AvgIpc) is 3.22. The molecule has 0 bridgehead atoms. The van der Waals surface area contributed by atoms with Gasteiger partial charge in [-0.1, -0.05) is 192 Å². The summed E-state index contributed by atoms with van der Waals surface area (Å²) in [5, 5.41) is 40.2. The van der Waals surface area contributed by atoms with Crippen molar-refractivity contribution in [2.24, 2.45) is 0 Å². The van der Waals surface area contributed by atoms with Gasteiger partial charge in [0, 0.05) is 13.0 Å². The number of carbonyl (C=O) groups excluding carboxylic acids is 1. The zero-order valence-corrected chi connectivity index (χ0v) is 37.6. The van der Waals surface area contributed by atoms with E-state index < -0.39 is 43.4 Å². The van der Waals surface area contributed by atoms with E-state index in [9.17, 15) is 25.2 Å². The molecule has 9 heteroatoms. The molecule has 9 nitrogen and oxygen atoms in total. The number of aliphatic hydroxyl groups is 4. The summed E-state index contributed by atoms with van der Waals surface area (Å²) in [4.78, 5) is 12.8. The molecule has 1 aliphatic rings. The van der Waals surface area contributed by atoms with E-state index in [0.717, 1.165) is 57.8 Å². The van der Waals surface area contributed by atoms with E-state index in [2.05, 4.69) is 38.2 Å². The van der Waals surface area contributed by atoms with Crippen LogP contribution in [0.4, 0.5) is 0 Å². The molecule has 58 heavy (non-hydrogen) atoms. The lowest BCUT2D eigenvalue weighted by Gasteiger charge is -2.39. The molecular weight excluding hydrogens is 733 g/mol. The molecule has 0 aromatic heterocycles. The lowest BCUT2D eigenvalue weighted by Crippen LogP contribution is -2.59. The summed E-state index contributed by atoms with van der Waals surface area (Å²) in [6.07, 6.45) is 40.6. The Hall–Kier alpha value is -1.33. The van der Waals surface area contributed by atoms with Gasteiger partial charge in [-0.2, -0.15) is 0 Å². The zero-order valence-electron chi connectivity index (χ0n) is 37.6. The van der Waals surface area contributed by atoms with Gasteiger partial charge in [-0.25, -0.2) is 0 Å². The third kappa shape index (κ3) is 31.5. The van der Waals surface area contributed by atoms with E-state index in [1.807, 2.05) is 0 Å². The Kier molecular flexibility index (Phi) is 38.7. The average molecular weight is 825 g/mol. The maximum atomic E-state index is 12.8. The van der Waals surface area contributed by atoms with E-state index in [1.165, 1.54) is 141 Å². The number of rotatable bonds is 42.